The summed E-state index contributed by atoms with van der Waals surface area (Å²) in [5.74, 6) is -0.766. The first kappa shape index (κ1) is 14.2. The van der Waals surface area contributed by atoms with Gasteiger partial charge in [0, 0.05) is 24.4 Å². The van der Waals surface area contributed by atoms with Crippen molar-refractivity contribution in [2.24, 2.45) is 7.05 Å². The second-order valence-corrected chi connectivity index (χ2v) is 4.87. The van der Waals surface area contributed by atoms with E-state index in [1.54, 1.807) is 31.0 Å². The van der Waals surface area contributed by atoms with E-state index in [1.165, 1.54) is 24.3 Å². The molecule has 0 saturated heterocycles. The van der Waals surface area contributed by atoms with Crippen LogP contribution in [-0.4, -0.2) is 27.3 Å². The van der Waals surface area contributed by atoms with E-state index < -0.39 is 11.4 Å². The highest BCUT2D eigenvalue weighted by atomic mass is 19.1. The first-order valence-electron chi connectivity index (χ1n) is 6.14. The van der Waals surface area contributed by atoms with Gasteiger partial charge in [-0.1, -0.05) is 0 Å². The van der Waals surface area contributed by atoms with Crippen LogP contribution in [0, 0.1) is 5.82 Å². The molecule has 5 nitrogen and oxygen atoms in total. The highest BCUT2D eigenvalue weighted by molar-refractivity contribution is 5.94. The summed E-state index contributed by atoms with van der Waals surface area (Å²) in [7, 11) is 1.75. The van der Waals surface area contributed by atoms with Gasteiger partial charge in [-0.05, 0) is 31.2 Å². The number of halogens is 1. The van der Waals surface area contributed by atoms with E-state index in [0.29, 0.717) is 11.1 Å². The molecule has 0 aliphatic heterocycles. The molecule has 2 rings (SSSR count). The van der Waals surface area contributed by atoms with E-state index in [1.807, 2.05) is 0 Å². The van der Waals surface area contributed by atoms with Crippen LogP contribution in [0.1, 0.15) is 22.8 Å². The summed E-state index contributed by atoms with van der Waals surface area (Å²) in [4.78, 5) is 11.9. The van der Waals surface area contributed by atoms with Crippen molar-refractivity contribution in [1.29, 1.82) is 0 Å². The van der Waals surface area contributed by atoms with Crippen molar-refractivity contribution < 1.29 is 14.3 Å². The number of aliphatic hydroxyl groups is 1. The molecule has 0 radical (unpaired) electrons. The molecule has 2 aromatic rings. The molecule has 1 heterocycles. The Kier molecular flexibility index (Phi) is 3.85. The lowest BCUT2D eigenvalue weighted by molar-refractivity contribution is 0.0526. The molecule has 1 atom stereocenters. The van der Waals surface area contributed by atoms with Crippen molar-refractivity contribution in [3.8, 4) is 0 Å². The van der Waals surface area contributed by atoms with Crippen molar-refractivity contribution in [2.45, 2.75) is 12.5 Å². The fourth-order valence-corrected chi connectivity index (χ4v) is 1.76. The third-order valence-corrected chi connectivity index (χ3v) is 3.03. The molecule has 1 amide bonds. The molecule has 6 heteroatoms. The zero-order valence-corrected chi connectivity index (χ0v) is 11.3. The Morgan fingerprint density at radius 2 is 2.10 bits per heavy atom. The van der Waals surface area contributed by atoms with Gasteiger partial charge in [0.15, 0.2) is 0 Å². The minimum Gasteiger partial charge on any atom is -0.383 e. The Morgan fingerprint density at radius 3 is 2.65 bits per heavy atom. The van der Waals surface area contributed by atoms with Crippen LogP contribution in [0.3, 0.4) is 0 Å². The highest BCUT2D eigenvalue weighted by Gasteiger charge is 2.25. The molecule has 0 bridgehead atoms. The van der Waals surface area contributed by atoms with Crippen LogP contribution in [0.5, 0.6) is 0 Å². The van der Waals surface area contributed by atoms with Gasteiger partial charge < -0.3 is 10.4 Å². The normalized spacial score (nSPS) is 13.8. The smallest absolute Gasteiger partial charge is 0.251 e. The van der Waals surface area contributed by atoms with E-state index in [4.69, 9.17) is 0 Å². The Morgan fingerprint density at radius 1 is 1.45 bits per heavy atom. The monoisotopic (exact) mass is 277 g/mol. The molecule has 0 aliphatic rings. The molecule has 2 N–H and O–H groups in total. The maximum atomic E-state index is 12.8. The summed E-state index contributed by atoms with van der Waals surface area (Å²) < 4.78 is 14.3. The van der Waals surface area contributed by atoms with Crippen molar-refractivity contribution in [3.63, 3.8) is 0 Å². The summed E-state index contributed by atoms with van der Waals surface area (Å²) in [6.45, 7) is 1.63. The van der Waals surface area contributed by atoms with Gasteiger partial charge in [0.1, 0.15) is 11.4 Å². The van der Waals surface area contributed by atoms with Crippen molar-refractivity contribution >= 4 is 5.91 Å². The second-order valence-electron chi connectivity index (χ2n) is 4.87. The van der Waals surface area contributed by atoms with Crippen LogP contribution in [-0.2, 0) is 12.6 Å². The van der Waals surface area contributed by atoms with Crippen LogP contribution >= 0.6 is 0 Å². The summed E-state index contributed by atoms with van der Waals surface area (Å²) >= 11 is 0. The lowest BCUT2D eigenvalue weighted by Gasteiger charge is -2.22. The number of nitrogens with one attached hydrogen (secondary N) is 1. The minimum atomic E-state index is -1.22. The first-order valence-corrected chi connectivity index (χ1v) is 6.14. The molecule has 0 aliphatic carbocycles. The molecule has 20 heavy (non-hydrogen) atoms. The molecule has 1 aromatic carbocycles. The van der Waals surface area contributed by atoms with Gasteiger partial charge in [0.25, 0.3) is 5.91 Å². The van der Waals surface area contributed by atoms with Gasteiger partial charge in [-0.3, -0.25) is 9.48 Å². The SMILES string of the molecule is Cn1cc(C(C)(O)CNC(=O)c2ccc(F)cc2)cn1. The van der Waals surface area contributed by atoms with Crippen LogP contribution < -0.4 is 5.32 Å². The molecular formula is C14H16FN3O2. The number of carbonyl (C=O) groups excluding carboxylic acids is 1. The summed E-state index contributed by atoms with van der Waals surface area (Å²) in [5, 5.41) is 16.9. The number of hydrogen-bond acceptors (Lipinski definition) is 3. The molecular weight excluding hydrogens is 261 g/mol. The third-order valence-electron chi connectivity index (χ3n) is 3.03. The maximum Gasteiger partial charge on any atom is 0.251 e. The molecule has 0 fully saturated rings. The second kappa shape index (κ2) is 5.42. The fraction of sp³-hybridized carbons (Fsp3) is 0.286. The highest BCUT2D eigenvalue weighted by Crippen LogP contribution is 2.18. The minimum absolute atomic E-state index is 0.0366. The number of carbonyl (C=O) groups is 1. The number of aryl methyl sites for hydroxylation is 1. The Bertz CT molecular complexity index is 605. The summed E-state index contributed by atoms with van der Waals surface area (Å²) in [6.07, 6.45) is 3.23. The average Bonchev–Trinajstić information content (AvgIpc) is 2.84. The van der Waals surface area contributed by atoms with Gasteiger partial charge in [-0.15, -0.1) is 0 Å². The lowest BCUT2D eigenvalue weighted by Crippen LogP contribution is -2.38. The number of aromatic nitrogens is 2. The topological polar surface area (TPSA) is 67.2 Å². The molecule has 0 saturated carbocycles. The first-order chi connectivity index (χ1) is 9.38. The fourth-order valence-electron chi connectivity index (χ4n) is 1.76. The van der Waals surface area contributed by atoms with Crippen LogP contribution in [0.25, 0.3) is 0 Å². The Hall–Kier alpha value is -2.21. The Balaban J connectivity index is 2.00. The van der Waals surface area contributed by atoms with Crippen molar-refractivity contribution in [3.05, 3.63) is 53.6 Å². The predicted octanol–water partition coefficient (Wildman–Crippen LogP) is 1.20. The van der Waals surface area contributed by atoms with E-state index in [-0.39, 0.29) is 12.5 Å². The van der Waals surface area contributed by atoms with Crippen LogP contribution in [0.2, 0.25) is 0 Å². The van der Waals surface area contributed by atoms with Crippen LogP contribution in [0.15, 0.2) is 36.7 Å². The standard InChI is InChI=1S/C14H16FN3O2/c1-14(20,11-7-17-18(2)8-11)9-16-13(19)10-3-5-12(15)6-4-10/h3-8,20H,9H2,1-2H3,(H,16,19). The quantitative estimate of drug-likeness (QED) is 0.882. The summed E-state index contributed by atoms with van der Waals surface area (Å²) in [5.41, 5.74) is -0.267. The number of rotatable bonds is 4. The number of amides is 1. The van der Waals surface area contributed by atoms with Crippen LogP contribution in [0.4, 0.5) is 4.39 Å². The van der Waals surface area contributed by atoms with Gasteiger partial charge in [0.2, 0.25) is 0 Å². The zero-order valence-electron chi connectivity index (χ0n) is 11.3. The van der Waals surface area contributed by atoms with E-state index >= 15 is 0 Å². The molecule has 0 spiro atoms. The van der Waals surface area contributed by atoms with Gasteiger partial charge in [-0.2, -0.15) is 5.10 Å². The number of benzene rings is 1. The van der Waals surface area contributed by atoms with Crippen molar-refractivity contribution in [1.82, 2.24) is 15.1 Å². The largest absolute Gasteiger partial charge is 0.383 e. The number of hydrogen-bond donors (Lipinski definition) is 2. The number of nitrogens with zero attached hydrogens (tertiary/aromatic N) is 2. The average molecular weight is 277 g/mol. The molecule has 1 unspecified atom stereocenters. The molecule has 106 valence electrons. The van der Waals surface area contributed by atoms with Gasteiger partial charge in [-0.25, -0.2) is 4.39 Å². The molecule has 1 aromatic heterocycles. The van der Waals surface area contributed by atoms with Crippen molar-refractivity contribution in [2.75, 3.05) is 6.54 Å². The third kappa shape index (κ3) is 3.21. The van der Waals surface area contributed by atoms with E-state index in [9.17, 15) is 14.3 Å². The Labute approximate surface area is 116 Å². The van der Waals surface area contributed by atoms with E-state index in [0.717, 1.165) is 0 Å². The maximum absolute atomic E-state index is 12.8. The van der Waals surface area contributed by atoms with Gasteiger partial charge >= 0.3 is 0 Å². The zero-order chi connectivity index (χ0) is 14.8. The van der Waals surface area contributed by atoms with E-state index in [2.05, 4.69) is 10.4 Å². The van der Waals surface area contributed by atoms with Gasteiger partial charge in [0.05, 0.1) is 12.7 Å². The summed E-state index contributed by atoms with van der Waals surface area (Å²) in [6, 6.07) is 5.22. The predicted molar refractivity (Wildman–Crippen MR) is 71.5 cm³/mol. The lowest BCUT2D eigenvalue weighted by atomic mass is 9.99.